The van der Waals surface area contributed by atoms with Gasteiger partial charge in [-0.25, -0.2) is 8.78 Å². The number of furan rings is 1. The van der Waals surface area contributed by atoms with Crippen molar-refractivity contribution in [2.24, 2.45) is 11.8 Å². The van der Waals surface area contributed by atoms with E-state index in [1.54, 1.807) is 38.1 Å². The highest BCUT2D eigenvalue weighted by atomic mass is 19.1. The second-order valence-corrected chi connectivity index (χ2v) is 7.61. The summed E-state index contributed by atoms with van der Waals surface area (Å²) in [6, 6.07) is 6.86. The fraction of sp³-hybridized carbons (Fsp3) is 0.478. The van der Waals surface area contributed by atoms with Gasteiger partial charge in [0.2, 0.25) is 0 Å². The highest BCUT2D eigenvalue weighted by Gasteiger charge is 2.16. The molecule has 1 saturated carbocycles. The van der Waals surface area contributed by atoms with Crippen LogP contribution in [0, 0.1) is 37.3 Å². The Balaban J connectivity index is 0.000000230. The molecule has 0 unspecified atom stereocenters. The zero-order valence-electron chi connectivity index (χ0n) is 15.5. The zero-order valence-corrected chi connectivity index (χ0v) is 15.5. The number of hydrogen-bond donors (Lipinski definition) is 0. The highest BCUT2D eigenvalue weighted by molar-refractivity contribution is 6.05. The topological polar surface area (TPSA) is 13.1 Å². The van der Waals surface area contributed by atoms with Crippen molar-refractivity contribution in [2.75, 3.05) is 0 Å². The van der Waals surface area contributed by atoms with Crippen molar-refractivity contribution < 1.29 is 13.2 Å². The van der Waals surface area contributed by atoms with E-state index >= 15 is 0 Å². The van der Waals surface area contributed by atoms with Crippen LogP contribution in [0.3, 0.4) is 0 Å². The van der Waals surface area contributed by atoms with E-state index < -0.39 is 11.6 Å². The van der Waals surface area contributed by atoms with Gasteiger partial charge in [0.25, 0.3) is 0 Å². The van der Waals surface area contributed by atoms with E-state index in [0.29, 0.717) is 21.9 Å². The van der Waals surface area contributed by atoms with E-state index in [2.05, 4.69) is 13.8 Å². The molecule has 0 aliphatic heterocycles. The van der Waals surface area contributed by atoms with Gasteiger partial charge < -0.3 is 4.42 Å². The Morgan fingerprint density at radius 2 is 1.08 bits per heavy atom. The lowest BCUT2D eigenvalue weighted by molar-refractivity contribution is 0.308. The molecule has 3 aromatic rings. The number of hydrogen-bond acceptors (Lipinski definition) is 1. The van der Waals surface area contributed by atoms with Crippen LogP contribution >= 0.6 is 0 Å². The van der Waals surface area contributed by atoms with Gasteiger partial charge in [-0.1, -0.05) is 71.2 Å². The summed E-state index contributed by atoms with van der Waals surface area (Å²) in [7, 11) is 0. The molecule has 3 heteroatoms. The third-order valence-electron chi connectivity index (χ3n) is 5.38. The molecule has 1 heterocycles. The van der Waals surface area contributed by atoms with Crippen LogP contribution in [0.2, 0.25) is 0 Å². The number of rotatable bonds is 0. The Morgan fingerprint density at radius 1 is 0.731 bits per heavy atom. The quantitative estimate of drug-likeness (QED) is 0.396. The van der Waals surface area contributed by atoms with Gasteiger partial charge in [-0.15, -0.1) is 0 Å². The van der Waals surface area contributed by atoms with Crippen LogP contribution in [0.1, 0.15) is 58.1 Å². The van der Waals surface area contributed by atoms with E-state index in [1.807, 2.05) is 0 Å². The van der Waals surface area contributed by atoms with Crippen LogP contribution in [0.5, 0.6) is 0 Å². The van der Waals surface area contributed by atoms with E-state index in [1.165, 1.54) is 25.7 Å². The normalized spacial score (nSPS) is 19.8. The van der Waals surface area contributed by atoms with Gasteiger partial charge in [-0.2, -0.15) is 0 Å². The van der Waals surface area contributed by atoms with Crippen molar-refractivity contribution in [3.8, 4) is 0 Å². The summed E-state index contributed by atoms with van der Waals surface area (Å²) in [4.78, 5) is 0. The number of halogens is 2. The van der Waals surface area contributed by atoms with Gasteiger partial charge in [0, 0.05) is 10.8 Å². The molecule has 1 aliphatic rings. The van der Waals surface area contributed by atoms with Crippen LogP contribution < -0.4 is 0 Å². The third kappa shape index (κ3) is 3.92. The minimum atomic E-state index is -0.421. The Kier molecular flexibility index (Phi) is 6.44. The summed E-state index contributed by atoms with van der Waals surface area (Å²) < 4.78 is 33.0. The van der Waals surface area contributed by atoms with Crippen molar-refractivity contribution in [1.29, 1.82) is 0 Å². The SMILES string of the molecule is C.CC1CCC(C)CC1.Cc1ccc2c(oc3c(F)c(C)ccc32)c1F. The molecule has 0 saturated heterocycles. The maximum Gasteiger partial charge on any atom is 0.171 e. The van der Waals surface area contributed by atoms with Crippen molar-refractivity contribution in [1.82, 2.24) is 0 Å². The molecule has 0 atom stereocenters. The molecule has 1 fully saturated rings. The Labute approximate surface area is 155 Å². The van der Waals surface area contributed by atoms with Crippen molar-refractivity contribution in [3.05, 3.63) is 47.0 Å². The van der Waals surface area contributed by atoms with Crippen LogP contribution in [0.25, 0.3) is 21.9 Å². The molecule has 1 aliphatic carbocycles. The summed E-state index contributed by atoms with van der Waals surface area (Å²) in [6.45, 7) is 8.05. The molecular formula is C23H30F2O. The van der Waals surface area contributed by atoms with E-state index in [9.17, 15) is 8.78 Å². The Hall–Kier alpha value is -1.90. The van der Waals surface area contributed by atoms with Gasteiger partial charge in [0.15, 0.2) is 22.8 Å². The second kappa shape index (κ2) is 8.20. The fourth-order valence-corrected chi connectivity index (χ4v) is 3.46. The first-order chi connectivity index (χ1) is 11.9. The number of aryl methyl sites for hydroxylation is 2. The minimum absolute atomic E-state index is 0. The summed E-state index contributed by atoms with van der Waals surface area (Å²) in [5.74, 6) is 1.20. The third-order valence-corrected chi connectivity index (χ3v) is 5.38. The average molecular weight is 360 g/mol. The summed E-state index contributed by atoms with van der Waals surface area (Å²) in [6.07, 6.45) is 5.89. The second-order valence-electron chi connectivity index (χ2n) is 7.61. The van der Waals surface area contributed by atoms with Gasteiger partial charge in [0.1, 0.15) is 0 Å². The van der Waals surface area contributed by atoms with Crippen LogP contribution in [-0.4, -0.2) is 0 Å². The summed E-state index contributed by atoms with van der Waals surface area (Å²) >= 11 is 0. The van der Waals surface area contributed by atoms with E-state index in [0.717, 1.165) is 11.8 Å². The molecule has 142 valence electrons. The molecule has 1 aromatic heterocycles. The molecule has 0 radical (unpaired) electrons. The van der Waals surface area contributed by atoms with Gasteiger partial charge in [-0.05, 0) is 36.8 Å². The molecule has 4 rings (SSSR count). The number of fused-ring (bicyclic) bond motifs is 3. The molecule has 2 aromatic carbocycles. The molecule has 26 heavy (non-hydrogen) atoms. The lowest BCUT2D eigenvalue weighted by Crippen LogP contribution is -2.08. The fourth-order valence-electron chi connectivity index (χ4n) is 3.46. The minimum Gasteiger partial charge on any atom is -0.450 e. The van der Waals surface area contributed by atoms with Gasteiger partial charge in [0.05, 0.1) is 0 Å². The van der Waals surface area contributed by atoms with E-state index in [-0.39, 0.29) is 18.6 Å². The maximum atomic E-state index is 13.9. The smallest absolute Gasteiger partial charge is 0.171 e. The summed E-state index contributed by atoms with van der Waals surface area (Å²) in [5, 5.41) is 1.23. The average Bonchev–Trinajstić information content (AvgIpc) is 2.98. The molecule has 0 bridgehead atoms. The lowest BCUT2D eigenvalue weighted by atomic mass is 9.84. The first kappa shape index (κ1) is 20.4. The monoisotopic (exact) mass is 360 g/mol. The van der Waals surface area contributed by atoms with Crippen LogP contribution in [0.15, 0.2) is 28.7 Å². The summed E-state index contributed by atoms with van der Waals surface area (Å²) in [5.41, 5.74) is 1.25. The Bertz CT molecular complexity index is 814. The van der Waals surface area contributed by atoms with Crippen LogP contribution in [0.4, 0.5) is 8.78 Å². The molecule has 0 amide bonds. The standard InChI is InChI=1S/C14H10F2O.C8H16.CH4/c1-7-3-5-9-10-6-4-8(2)12(16)14(10)17-13(9)11(7)15;1-7-3-5-8(2)6-4-7;/h3-6H,1-2H3;7-8H,3-6H2,1-2H3;1H4. The highest BCUT2D eigenvalue weighted by Crippen LogP contribution is 2.33. The van der Waals surface area contributed by atoms with Gasteiger partial charge >= 0.3 is 0 Å². The van der Waals surface area contributed by atoms with E-state index in [4.69, 9.17) is 4.42 Å². The van der Waals surface area contributed by atoms with Crippen molar-refractivity contribution in [3.63, 3.8) is 0 Å². The van der Waals surface area contributed by atoms with Crippen LogP contribution in [-0.2, 0) is 0 Å². The molecule has 1 nitrogen and oxygen atoms in total. The predicted molar refractivity (Wildman–Crippen MR) is 107 cm³/mol. The first-order valence-electron chi connectivity index (χ1n) is 9.15. The number of benzene rings is 2. The Morgan fingerprint density at radius 3 is 1.42 bits per heavy atom. The molecule has 0 spiro atoms. The largest absolute Gasteiger partial charge is 0.450 e. The zero-order chi connectivity index (χ0) is 18.1. The first-order valence-corrected chi connectivity index (χ1v) is 9.15. The van der Waals surface area contributed by atoms with Crippen molar-refractivity contribution in [2.45, 2.75) is 60.8 Å². The predicted octanol–water partition coefficient (Wildman–Crippen LogP) is 7.95. The lowest BCUT2D eigenvalue weighted by Gasteiger charge is -2.22. The van der Waals surface area contributed by atoms with Crippen molar-refractivity contribution >= 4 is 21.9 Å². The maximum absolute atomic E-state index is 13.9. The molecule has 0 N–H and O–H groups in total. The van der Waals surface area contributed by atoms with Gasteiger partial charge in [-0.3, -0.25) is 0 Å². The molecular weight excluding hydrogens is 330 g/mol.